The van der Waals surface area contributed by atoms with Crippen molar-refractivity contribution >= 4 is 33.4 Å². The number of thioether (sulfide) groups is 1. The van der Waals surface area contributed by atoms with Gasteiger partial charge in [-0.25, -0.2) is 22.6 Å². The number of nitrogens with zero attached hydrogens (tertiary/aromatic N) is 3. The number of sulfonamides is 1. The topological polar surface area (TPSA) is 146 Å². The third-order valence-corrected chi connectivity index (χ3v) is 6.13. The van der Waals surface area contributed by atoms with Gasteiger partial charge in [0.2, 0.25) is 21.1 Å². The zero-order valence-electron chi connectivity index (χ0n) is 15.8. The van der Waals surface area contributed by atoms with Gasteiger partial charge in [-0.05, 0) is 42.8 Å². The molecular formula is C18H19FN6O3S2. The van der Waals surface area contributed by atoms with Gasteiger partial charge in [-0.3, -0.25) is 4.79 Å². The lowest BCUT2D eigenvalue weighted by molar-refractivity contribution is -0.115. The van der Waals surface area contributed by atoms with Crippen molar-refractivity contribution < 1.29 is 17.6 Å². The summed E-state index contributed by atoms with van der Waals surface area (Å²) >= 11 is 1.08. The molecular weight excluding hydrogens is 431 g/mol. The first-order valence-corrected chi connectivity index (χ1v) is 11.1. The second kappa shape index (κ2) is 8.81. The molecule has 0 aliphatic carbocycles. The maximum Gasteiger partial charge on any atom is 0.238 e. The Hall–Kier alpha value is -2.96. The third kappa shape index (κ3) is 5.14. The van der Waals surface area contributed by atoms with Crippen LogP contribution in [0.3, 0.4) is 0 Å². The van der Waals surface area contributed by atoms with Crippen LogP contribution in [0.25, 0.3) is 0 Å². The van der Waals surface area contributed by atoms with E-state index in [0.29, 0.717) is 22.2 Å². The molecule has 0 bridgehead atoms. The van der Waals surface area contributed by atoms with Crippen molar-refractivity contribution in [1.82, 2.24) is 14.9 Å². The minimum Gasteiger partial charge on any atom is -0.336 e. The van der Waals surface area contributed by atoms with Crippen LogP contribution in [0.1, 0.15) is 18.3 Å². The first-order chi connectivity index (χ1) is 14.1. The molecule has 0 spiro atoms. The predicted molar refractivity (Wildman–Crippen MR) is 111 cm³/mol. The maximum absolute atomic E-state index is 13.8. The molecule has 0 unspecified atom stereocenters. The summed E-state index contributed by atoms with van der Waals surface area (Å²) in [6.45, 7) is 1.66. The van der Waals surface area contributed by atoms with Crippen molar-refractivity contribution in [1.29, 1.82) is 0 Å². The van der Waals surface area contributed by atoms with Crippen LogP contribution in [-0.2, 0) is 21.2 Å². The van der Waals surface area contributed by atoms with Gasteiger partial charge in [0.25, 0.3) is 0 Å². The molecule has 3 aromatic rings. The zero-order chi connectivity index (χ0) is 21.9. The van der Waals surface area contributed by atoms with Gasteiger partial charge >= 0.3 is 0 Å². The van der Waals surface area contributed by atoms with Crippen molar-refractivity contribution in [2.45, 2.75) is 28.6 Å². The average Bonchev–Trinajstić information content (AvgIpc) is 3.03. The Morgan fingerprint density at radius 3 is 2.50 bits per heavy atom. The van der Waals surface area contributed by atoms with E-state index in [-0.39, 0.29) is 23.0 Å². The van der Waals surface area contributed by atoms with Crippen LogP contribution in [0.5, 0.6) is 0 Å². The summed E-state index contributed by atoms with van der Waals surface area (Å²) in [7, 11) is -3.81. The number of carbonyl (C=O) groups is 1. The fourth-order valence-electron chi connectivity index (χ4n) is 2.50. The smallest absolute Gasteiger partial charge is 0.238 e. The van der Waals surface area contributed by atoms with E-state index in [1.807, 2.05) is 0 Å². The lowest BCUT2D eigenvalue weighted by atomic mass is 10.1. The van der Waals surface area contributed by atoms with E-state index in [9.17, 15) is 17.6 Å². The number of primary sulfonamides is 1. The SMILES string of the molecule is C[C@H](Sc1nnc(Cc2ccccc2F)n1N)C(=O)Nc1ccc(S(N)(=O)=O)cc1. The van der Waals surface area contributed by atoms with Gasteiger partial charge in [-0.2, -0.15) is 0 Å². The van der Waals surface area contributed by atoms with Crippen LogP contribution >= 0.6 is 11.8 Å². The molecule has 0 fully saturated rings. The number of nitrogen functional groups attached to an aromatic ring is 1. The Kier molecular flexibility index (Phi) is 6.39. The molecule has 1 aromatic heterocycles. The van der Waals surface area contributed by atoms with Gasteiger partial charge in [0.05, 0.1) is 10.1 Å². The fourth-order valence-corrected chi connectivity index (χ4v) is 3.81. The van der Waals surface area contributed by atoms with Gasteiger partial charge in [0.15, 0.2) is 5.82 Å². The zero-order valence-corrected chi connectivity index (χ0v) is 17.5. The maximum atomic E-state index is 13.8. The van der Waals surface area contributed by atoms with Gasteiger partial charge < -0.3 is 11.2 Å². The van der Waals surface area contributed by atoms with E-state index in [4.69, 9.17) is 11.0 Å². The number of amides is 1. The van der Waals surface area contributed by atoms with Crippen molar-refractivity contribution in [2.75, 3.05) is 11.2 Å². The minimum atomic E-state index is -3.81. The Morgan fingerprint density at radius 2 is 1.87 bits per heavy atom. The Labute approximate surface area is 176 Å². The van der Waals surface area contributed by atoms with E-state index in [1.165, 1.54) is 35.0 Å². The highest BCUT2D eigenvalue weighted by molar-refractivity contribution is 8.00. The number of nitrogens with two attached hydrogens (primary N) is 2. The van der Waals surface area contributed by atoms with Crippen LogP contribution < -0.4 is 16.3 Å². The summed E-state index contributed by atoms with van der Waals surface area (Å²) in [6, 6.07) is 11.8. The second-order valence-electron chi connectivity index (χ2n) is 6.36. The quantitative estimate of drug-likeness (QED) is 0.365. The third-order valence-electron chi connectivity index (χ3n) is 4.14. The first kappa shape index (κ1) is 21.7. The van der Waals surface area contributed by atoms with Gasteiger partial charge in [0, 0.05) is 12.1 Å². The highest BCUT2D eigenvalue weighted by Crippen LogP contribution is 2.23. The molecule has 1 amide bonds. The number of hydrogen-bond donors (Lipinski definition) is 3. The number of nitrogens with one attached hydrogen (secondary N) is 1. The fraction of sp³-hybridized carbons (Fsp3) is 0.167. The first-order valence-electron chi connectivity index (χ1n) is 8.68. The average molecular weight is 451 g/mol. The van der Waals surface area contributed by atoms with E-state index in [2.05, 4.69) is 15.5 Å². The molecule has 3 rings (SSSR count). The molecule has 0 saturated carbocycles. The predicted octanol–water partition coefficient (Wildman–Crippen LogP) is 1.49. The summed E-state index contributed by atoms with van der Waals surface area (Å²) in [5.74, 6) is 5.65. The van der Waals surface area contributed by atoms with Gasteiger partial charge in [0.1, 0.15) is 5.82 Å². The van der Waals surface area contributed by atoms with Crippen molar-refractivity contribution in [3.63, 3.8) is 0 Å². The number of aromatic nitrogens is 3. The van der Waals surface area contributed by atoms with Crippen LogP contribution in [0, 0.1) is 5.82 Å². The molecule has 9 nitrogen and oxygen atoms in total. The highest BCUT2D eigenvalue weighted by atomic mass is 32.2. The molecule has 12 heteroatoms. The number of benzene rings is 2. The molecule has 0 saturated heterocycles. The number of rotatable bonds is 7. The van der Waals surface area contributed by atoms with E-state index >= 15 is 0 Å². The van der Waals surface area contributed by atoms with Crippen LogP contribution in [0.15, 0.2) is 58.6 Å². The summed E-state index contributed by atoms with van der Waals surface area (Å²) in [6.07, 6.45) is 0.160. The number of anilines is 1. The summed E-state index contributed by atoms with van der Waals surface area (Å²) < 4.78 is 37.6. The van der Waals surface area contributed by atoms with E-state index in [0.717, 1.165) is 11.8 Å². The van der Waals surface area contributed by atoms with Crippen molar-refractivity contribution in [3.05, 3.63) is 65.7 Å². The monoisotopic (exact) mass is 450 g/mol. The lowest BCUT2D eigenvalue weighted by Crippen LogP contribution is -2.24. The number of hydrogen-bond acceptors (Lipinski definition) is 7. The standard InChI is InChI=1S/C18H19FN6O3S2/c1-11(17(26)22-13-6-8-14(9-7-13)30(21,27)28)29-18-24-23-16(25(18)20)10-12-4-2-3-5-15(12)19/h2-9,11H,10,20H2,1H3,(H,22,26)(H2,21,27,28)/t11-/m0/s1. The molecule has 2 aromatic carbocycles. The number of halogens is 1. The van der Waals surface area contributed by atoms with Crippen LogP contribution in [-0.4, -0.2) is 34.4 Å². The summed E-state index contributed by atoms with van der Waals surface area (Å²) in [5, 5.41) is 15.4. The minimum absolute atomic E-state index is 0.0541. The molecule has 1 heterocycles. The summed E-state index contributed by atoms with van der Waals surface area (Å²) in [5.41, 5.74) is 0.844. The Bertz CT molecular complexity index is 1160. The Morgan fingerprint density at radius 1 is 1.20 bits per heavy atom. The van der Waals surface area contributed by atoms with Crippen LogP contribution in [0.2, 0.25) is 0 Å². The number of carbonyl (C=O) groups excluding carboxylic acids is 1. The van der Waals surface area contributed by atoms with E-state index in [1.54, 1.807) is 25.1 Å². The molecule has 0 aliphatic rings. The van der Waals surface area contributed by atoms with Crippen molar-refractivity contribution in [2.24, 2.45) is 5.14 Å². The molecule has 158 valence electrons. The lowest BCUT2D eigenvalue weighted by Gasteiger charge is -2.12. The largest absolute Gasteiger partial charge is 0.336 e. The molecule has 1 atom stereocenters. The molecule has 0 radical (unpaired) electrons. The molecule has 0 aliphatic heterocycles. The van der Waals surface area contributed by atoms with Crippen LogP contribution in [0.4, 0.5) is 10.1 Å². The normalized spacial score (nSPS) is 12.5. The van der Waals surface area contributed by atoms with E-state index < -0.39 is 15.3 Å². The van der Waals surface area contributed by atoms with Gasteiger partial charge in [-0.1, -0.05) is 30.0 Å². The highest BCUT2D eigenvalue weighted by Gasteiger charge is 2.20. The molecule has 5 N–H and O–H groups in total. The second-order valence-corrected chi connectivity index (χ2v) is 9.23. The summed E-state index contributed by atoms with van der Waals surface area (Å²) in [4.78, 5) is 12.4. The van der Waals surface area contributed by atoms with Crippen molar-refractivity contribution in [3.8, 4) is 0 Å². The Balaban J connectivity index is 1.64. The molecule has 30 heavy (non-hydrogen) atoms. The van der Waals surface area contributed by atoms with Gasteiger partial charge in [-0.15, -0.1) is 10.2 Å².